The van der Waals surface area contributed by atoms with Crippen LogP contribution in [0.4, 0.5) is 0 Å². The highest BCUT2D eigenvalue weighted by atomic mass is 16.5. The molecule has 2 aliphatic rings. The molecule has 7 nitrogen and oxygen atoms in total. The summed E-state index contributed by atoms with van der Waals surface area (Å²) in [5.41, 5.74) is 2.67. The Morgan fingerprint density at radius 3 is 2.39 bits per heavy atom. The summed E-state index contributed by atoms with van der Waals surface area (Å²) in [5.74, 6) is -0.0768. The van der Waals surface area contributed by atoms with E-state index >= 15 is 0 Å². The first-order chi connectivity index (χ1) is 18.3. The van der Waals surface area contributed by atoms with Gasteiger partial charge in [0.05, 0.1) is 18.6 Å². The van der Waals surface area contributed by atoms with Crippen molar-refractivity contribution in [2.75, 3.05) is 39.3 Å². The maximum atomic E-state index is 13.5. The number of aromatic hydroxyl groups is 1. The summed E-state index contributed by atoms with van der Waals surface area (Å²) in [6.07, 6.45) is 3.21. The lowest BCUT2D eigenvalue weighted by molar-refractivity contribution is -0.149. The number of carbonyl (C=O) groups is 2. The van der Waals surface area contributed by atoms with E-state index in [1.165, 1.54) is 0 Å². The fourth-order valence-corrected chi connectivity index (χ4v) is 5.88. The van der Waals surface area contributed by atoms with Crippen LogP contribution in [0.3, 0.4) is 0 Å². The molecule has 7 heteroatoms. The number of carbonyl (C=O) groups excluding carboxylic acids is 2. The van der Waals surface area contributed by atoms with Crippen LogP contribution in [0.2, 0.25) is 0 Å². The summed E-state index contributed by atoms with van der Waals surface area (Å²) in [6, 6.07) is 15.8. The van der Waals surface area contributed by atoms with Gasteiger partial charge in [0.1, 0.15) is 5.75 Å². The van der Waals surface area contributed by atoms with Gasteiger partial charge in [0.25, 0.3) is 5.91 Å². The van der Waals surface area contributed by atoms with Gasteiger partial charge in [-0.3, -0.25) is 19.4 Å². The van der Waals surface area contributed by atoms with E-state index in [-0.39, 0.29) is 35.6 Å². The summed E-state index contributed by atoms with van der Waals surface area (Å²) in [4.78, 5) is 32.4. The molecule has 1 unspecified atom stereocenters. The van der Waals surface area contributed by atoms with E-state index < -0.39 is 0 Å². The van der Waals surface area contributed by atoms with Gasteiger partial charge in [-0.05, 0) is 69.0 Å². The topological polar surface area (TPSA) is 73.3 Å². The first-order valence-corrected chi connectivity index (χ1v) is 13.8. The van der Waals surface area contributed by atoms with Crippen molar-refractivity contribution in [1.29, 1.82) is 0 Å². The number of rotatable bonds is 8. The zero-order valence-corrected chi connectivity index (χ0v) is 22.9. The van der Waals surface area contributed by atoms with Crippen LogP contribution in [0.25, 0.3) is 0 Å². The van der Waals surface area contributed by atoms with Crippen LogP contribution in [0, 0.1) is 5.92 Å². The highest BCUT2D eigenvalue weighted by molar-refractivity contribution is 5.94. The van der Waals surface area contributed by atoms with E-state index in [0.29, 0.717) is 44.1 Å². The highest BCUT2D eigenvalue weighted by Crippen LogP contribution is 2.35. The second-order valence-electron chi connectivity index (χ2n) is 10.6. The Hall–Kier alpha value is -3.16. The van der Waals surface area contributed by atoms with E-state index in [0.717, 1.165) is 30.8 Å². The van der Waals surface area contributed by atoms with Crippen LogP contribution in [-0.4, -0.2) is 83.1 Å². The molecule has 2 aromatic rings. The molecule has 0 bridgehead atoms. The highest BCUT2D eigenvalue weighted by Gasteiger charge is 2.35. The number of ether oxygens (including phenoxy) is 1. The second kappa shape index (κ2) is 12.6. The monoisotopic (exact) mass is 519 g/mol. The molecule has 2 heterocycles. The van der Waals surface area contributed by atoms with Gasteiger partial charge < -0.3 is 14.7 Å². The number of likely N-dealkylation sites (tertiary alicyclic amines) is 1. The molecule has 0 radical (unpaired) electrons. The predicted molar refractivity (Wildman–Crippen MR) is 149 cm³/mol. The molecule has 2 aliphatic heterocycles. The summed E-state index contributed by atoms with van der Waals surface area (Å²) < 4.78 is 5.18. The third-order valence-corrected chi connectivity index (χ3v) is 7.90. The van der Waals surface area contributed by atoms with Gasteiger partial charge in [-0.25, -0.2) is 0 Å². The minimum absolute atomic E-state index is 0.0129. The Morgan fingerprint density at radius 2 is 1.74 bits per heavy atom. The van der Waals surface area contributed by atoms with Crippen LogP contribution >= 0.6 is 0 Å². The van der Waals surface area contributed by atoms with E-state index in [2.05, 4.69) is 36.3 Å². The Kier molecular flexibility index (Phi) is 9.23. The quantitative estimate of drug-likeness (QED) is 0.410. The molecule has 2 saturated heterocycles. The van der Waals surface area contributed by atoms with Crippen molar-refractivity contribution in [3.63, 3.8) is 0 Å². The summed E-state index contributed by atoms with van der Waals surface area (Å²) in [5, 5.41) is 10.3. The van der Waals surface area contributed by atoms with Crippen LogP contribution < -0.4 is 0 Å². The van der Waals surface area contributed by atoms with Crippen LogP contribution in [0.15, 0.2) is 61.2 Å². The standard InChI is InChI=1S/C31H41N3O4/c1-5-15-33-20-23(4)34(21-22(33)3)29(26-10-8-12-28(35)19-26)25-9-7-11-27(18-25)30(36)32-16-13-24(14-17-32)31(37)38-6-2/h5,7-12,18-19,22-24,29,35H,1,6,13-17,20-21H2,2-4H3/t22-,23-,29?/m1/s1. The number of hydrogen-bond donors (Lipinski definition) is 1. The van der Waals surface area contributed by atoms with E-state index in [4.69, 9.17) is 4.74 Å². The number of amides is 1. The van der Waals surface area contributed by atoms with Crippen molar-refractivity contribution in [3.8, 4) is 5.75 Å². The number of esters is 1. The number of phenols is 1. The smallest absolute Gasteiger partial charge is 0.309 e. The third-order valence-electron chi connectivity index (χ3n) is 7.90. The van der Waals surface area contributed by atoms with Crippen LogP contribution in [0.1, 0.15) is 61.1 Å². The van der Waals surface area contributed by atoms with Gasteiger partial charge in [-0.2, -0.15) is 0 Å². The van der Waals surface area contributed by atoms with E-state index in [1.807, 2.05) is 54.3 Å². The molecule has 3 atom stereocenters. The Labute approximate surface area is 226 Å². The minimum Gasteiger partial charge on any atom is -0.508 e. The number of piperazine rings is 1. The van der Waals surface area contributed by atoms with Crippen molar-refractivity contribution < 1.29 is 19.4 Å². The molecule has 4 rings (SSSR count). The van der Waals surface area contributed by atoms with Gasteiger partial charge in [0, 0.05) is 50.4 Å². The number of nitrogens with zero attached hydrogens (tertiary/aromatic N) is 3. The zero-order chi connectivity index (χ0) is 27.2. The van der Waals surface area contributed by atoms with Crippen molar-refractivity contribution >= 4 is 11.9 Å². The SMILES string of the molecule is C=CCN1C[C@@H](C)N(C(c2cccc(O)c2)c2cccc(C(=O)N3CCC(C(=O)OCC)CC3)c2)C[C@H]1C. The first-order valence-electron chi connectivity index (χ1n) is 13.8. The minimum atomic E-state index is -0.160. The molecule has 1 amide bonds. The molecular weight excluding hydrogens is 478 g/mol. The van der Waals surface area contributed by atoms with Gasteiger partial charge in [0.2, 0.25) is 0 Å². The normalized spacial score (nSPS) is 22.1. The molecule has 0 aliphatic carbocycles. The lowest BCUT2D eigenvalue weighted by Gasteiger charge is -2.47. The lowest BCUT2D eigenvalue weighted by atomic mass is 9.92. The Bertz CT molecular complexity index is 1130. The second-order valence-corrected chi connectivity index (χ2v) is 10.6. The average molecular weight is 520 g/mol. The molecule has 204 valence electrons. The molecule has 38 heavy (non-hydrogen) atoms. The maximum absolute atomic E-state index is 13.5. The molecule has 2 aromatic carbocycles. The van der Waals surface area contributed by atoms with Crippen molar-refractivity contribution in [1.82, 2.24) is 14.7 Å². The molecular formula is C31H41N3O4. The fourth-order valence-electron chi connectivity index (χ4n) is 5.88. The number of hydrogen-bond acceptors (Lipinski definition) is 6. The molecule has 1 N–H and O–H groups in total. The number of benzene rings is 2. The first kappa shape index (κ1) is 27.9. The largest absolute Gasteiger partial charge is 0.508 e. The van der Waals surface area contributed by atoms with E-state index in [9.17, 15) is 14.7 Å². The van der Waals surface area contributed by atoms with Crippen molar-refractivity contribution in [3.05, 3.63) is 77.9 Å². The van der Waals surface area contributed by atoms with Gasteiger partial charge in [-0.1, -0.05) is 30.3 Å². The number of piperidine rings is 1. The summed E-state index contributed by atoms with van der Waals surface area (Å²) >= 11 is 0. The zero-order valence-electron chi connectivity index (χ0n) is 22.9. The van der Waals surface area contributed by atoms with Gasteiger partial charge in [-0.15, -0.1) is 6.58 Å². The van der Waals surface area contributed by atoms with Crippen LogP contribution in [-0.2, 0) is 9.53 Å². The molecule has 0 aromatic heterocycles. The average Bonchev–Trinajstić information content (AvgIpc) is 2.92. The Morgan fingerprint density at radius 1 is 1.05 bits per heavy atom. The van der Waals surface area contributed by atoms with Crippen molar-refractivity contribution in [2.45, 2.75) is 51.7 Å². The third kappa shape index (κ3) is 6.27. The van der Waals surface area contributed by atoms with Gasteiger partial charge in [0.15, 0.2) is 0 Å². The Balaban J connectivity index is 1.59. The summed E-state index contributed by atoms with van der Waals surface area (Å²) in [6.45, 7) is 14.3. The lowest BCUT2D eigenvalue weighted by Crippen LogP contribution is -2.57. The molecule has 0 saturated carbocycles. The molecule has 0 spiro atoms. The van der Waals surface area contributed by atoms with Gasteiger partial charge >= 0.3 is 5.97 Å². The molecule has 2 fully saturated rings. The number of phenolic OH excluding ortho intramolecular Hbond substituents is 1. The maximum Gasteiger partial charge on any atom is 0.309 e. The predicted octanol–water partition coefficient (Wildman–Crippen LogP) is 4.48. The van der Waals surface area contributed by atoms with Crippen molar-refractivity contribution in [2.24, 2.45) is 5.92 Å². The van der Waals surface area contributed by atoms with E-state index in [1.54, 1.807) is 6.07 Å². The summed E-state index contributed by atoms with van der Waals surface area (Å²) in [7, 11) is 0. The van der Waals surface area contributed by atoms with Crippen LogP contribution in [0.5, 0.6) is 5.75 Å². The fraction of sp³-hybridized carbons (Fsp3) is 0.484.